The molecule has 2 rings (SSSR count). The summed E-state index contributed by atoms with van der Waals surface area (Å²) in [6.45, 7) is 10.2. The van der Waals surface area contributed by atoms with Crippen molar-refractivity contribution in [1.29, 1.82) is 0 Å². The lowest BCUT2D eigenvalue weighted by atomic mass is 9.98. The third-order valence-corrected chi connectivity index (χ3v) is 6.86. The van der Waals surface area contributed by atoms with Crippen LogP contribution in [0.2, 0.25) is 5.02 Å². The molecule has 1 fully saturated rings. The van der Waals surface area contributed by atoms with E-state index in [0.717, 1.165) is 12.0 Å². The van der Waals surface area contributed by atoms with E-state index in [0.29, 0.717) is 28.8 Å². The Hall–Kier alpha value is -1.82. The van der Waals surface area contributed by atoms with Gasteiger partial charge in [0.2, 0.25) is 5.91 Å². The molecule has 0 aromatic heterocycles. The first-order valence-electron chi connectivity index (χ1n) is 11.3. The molecule has 6 heteroatoms. The number of rotatable bonds is 11. The average Bonchev–Trinajstić information content (AvgIpc) is 3.39. The van der Waals surface area contributed by atoms with Crippen LogP contribution in [-0.2, 0) is 16.0 Å². The number of anilines is 1. The average molecular weight is 464 g/mol. The minimum Gasteiger partial charge on any atom is -0.495 e. The molecular formula is C26H38ClNO4. The zero-order chi connectivity index (χ0) is 24.1. The van der Waals surface area contributed by atoms with Crippen molar-refractivity contribution in [2.75, 3.05) is 19.1 Å². The highest BCUT2D eigenvalue weighted by molar-refractivity contribution is 6.35. The SMILES string of the molecule is CCC(C)C/C=C/C=C(\C)Cc1cc(OC)c(Cl)c(N(C)C(=O)C[C@H](O)C2(C)OC2C)c1. The van der Waals surface area contributed by atoms with E-state index in [9.17, 15) is 9.90 Å². The highest BCUT2D eigenvalue weighted by Crippen LogP contribution is 2.41. The highest BCUT2D eigenvalue weighted by atomic mass is 35.5. The Morgan fingerprint density at radius 2 is 2.09 bits per heavy atom. The van der Waals surface area contributed by atoms with Crippen LogP contribution in [0.5, 0.6) is 5.75 Å². The van der Waals surface area contributed by atoms with E-state index < -0.39 is 11.7 Å². The van der Waals surface area contributed by atoms with Gasteiger partial charge in [0, 0.05) is 7.05 Å². The fourth-order valence-electron chi connectivity index (χ4n) is 3.56. The number of benzene rings is 1. The molecule has 1 aliphatic rings. The highest BCUT2D eigenvalue weighted by Gasteiger charge is 2.55. The fraction of sp³-hybridized carbons (Fsp3) is 0.577. The zero-order valence-corrected chi connectivity index (χ0v) is 21.2. The number of methoxy groups -OCH3 is 1. The second-order valence-electron chi connectivity index (χ2n) is 9.11. The molecular weight excluding hydrogens is 426 g/mol. The van der Waals surface area contributed by atoms with Gasteiger partial charge < -0.3 is 19.5 Å². The number of epoxide rings is 1. The van der Waals surface area contributed by atoms with Crippen LogP contribution in [-0.4, -0.2) is 43.0 Å². The van der Waals surface area contributed by atoms with Crippen molar-refractivity contribution in [3.05, 3.63) is 46.5 Å². The number of allylic oxidation sites excluding steroid dienone is 4. The number of amides is 1. The number of hydrogen-bond donors (Lipinski definition) is 1. The number of halogens is 1. The van der Waals surface area contributed by atoms with Crippen molar-refractivity contribution in [1.82, 2.24) is 0 Å². The Morgan fingerprint density at radius 3 is 2.66 bits per heavy atom. The number of hydrogen-bond acceptors (Lipinski definition) is 4. The number of carbonyl (C=O) groups excluding carboxylic acids is 1. The van der Waals surface area contributed by atoms with Crippen molar-refractivity contribution in [3.8, 4) is 5.75 Å². The maximum Gasteiger partial charge on any atom is 0.229 e. The summed E-state index contributed by atoms with van der Waals surface area (Å²) in [5, 5.41) is 10.8. The zero-order valence-electron chi connectivity index (χ0n) is 20.4. The number of nitrogens with zero attached hydrogens (tertiary/aromatic N) is 1. The molecule has 178 valence electrons. The number of ether oxygens (including phenoxy) is 2. The van der Waals surface area contributed by atoms with Gasteiger partial charge in [0.1, 0.15) is 16.4 Å². The Labute approximate surface area is 198 Å². The van der Waals surface area contributed by atoms with E-state index in [1.165, 1.54) is 16.9 Å². The summed E-state index contributed by atoms with van der Waals surface area (Å²) in [5.41, 5.74) is 2.09. The normalized spacial score (nSPS) is 22.7. The standard InChI is InChI=1S/C26H38ClNO4/c1-8-17(2)11-9-10-12-18(3)13-20-14-21(25(27)22(15-20)31-7)28(6)24(30)16-23(29)26(5)19(4)32-26/h9-10,12,14-15,17,19,23,29H,8,11,13,16H2,1-7H3/b10-9+,18-12+/t17?,19?,23-,26?/m0/s1. The predicted molar refractivity (Wildman–Crippen MR) is 132 cm³/mol. The minimum atomic E-state index is -0.872. The molecule has 0 saturated carbocycles. The quantitative estimate of drug-likeness (QED) is 0.336. The van der Waals surface area contributed by atoms with E-state index in [1.807, 2.05) is 26.0 Å². The van der Waals surface area contributed by atoms with Gasteiger partial charge in [-0.25, -0.2) is 0 Å². The lowest BCUT2D eigenvalue weighted by Gasteiger charge is -2.23. The van der Waals surface area contributed by atoms with Gasteiger partial charge in [-0.2, -0.15) is 0 Å². The molecule has 1 aliphatic heterocycles. The van der Waals surface area contributed by atoms with Gasteiger partial charge in [-0.05, 0) is 57.2 Å². The summed E-state index contributed by atoms with van der Waals surface area (Å²) in [5.74, 6) is 0.972. The summed E-state index contributed by atoms with van der Waals surface area (Å²) in [4.78, 5) is 14.4. The van der Waals surface area contributed by atoms with E-state index in [1.54, 1.807) is 14.2 Å². The monoisotopic (exact) mass is 463 g/mol. The summed E-state index contributed by atoms with van der Waals surface area (Å²) < 4.78 is 10.9. The summed E-state index contributed by atoms with van der Waals surface area (Å²) in [7, 11) is 3.23. The molecule has 1 N–H and O–H groups in total. The predicted octanol–water partition coefficient (Wildman–Crippen LogP) is 5.72. The second kappa shape index (κ2) is 11.4. The number of aliphatic hydroxyl groups excluding tert-OH is 1. The van der Waals surface area contributed by atoms with Crippen molar-refractivity contribution in [3.63, 3.8) is 0 Å². The van der Waals surface area contributed by atoms with Gasteiger partial charge in [0.05, 0.1) is 31.4 Å². The van der Waals surface area contributed by atoms with E-state index in [-0.39, 0.29) is 18.4 Å². The van der Waals surface area contributed by atoms with Crippen molar-refractivity contribution >= 4 is 23.2 Å². The molecule has 0 radical (unpaired) electrons. The van der Waals surface area contributed by atoms with Crippen molar-refractivity contribution in [2.45, 2.75) is 78.1 Å². The van der Waals surface area contributed by atoms with Crippen LogP contribution in [0.15, 0.2) is 35.9 Å². The Kier molecular flexibility index (Phi) is 9.38. The van der Waals surface area contributed by atoms with Gasteiger partial charge >= 0.3 is 0 Å². The van der Waals surface area contributed by atoms with Gasteiger partial charge in [-0.15, -0.1) is 0 Å². The molecule has 1 saturated heterocycles. The first-order chi connectivity index (χ1) is 15.0. The van der Waals surface area contributed by atoms with E-state index in [2.05, 4.69) is 39.0 Å². The third kappa shape index (κ3) is 6.60. The molecule has 0 spiro atoms. The van der Waals surface area contributed by atoms with Gasteiger partial charge in [-0.3, -0.25) is 4.79 Å². The van der Waals surface area contributed by atoms with Crippen molar-refractivity contribution < 1.29 is 19.4 Å². The third-order valence-electron chi connectivity index (χ3n) is 6.48. The van der Waals surface area contributed by atoms with Crippen LogP contribution in [0.1, 0.15) is 59.4 Å². The van der Waals surface area contributed by atoms with Crippen LogP contribution in [0.3, 0.4) is 0 Å². The van der Waals surface area contributed by atoms with Crippen molar-refractivity contribution in [2.24, 2.45) is 5.92 Å². The van der Waals surface area contributed by atoms with Crippen LogP contribution < -0.4 is 9.64 Å². The van der Waals surface area contributed by atoms with E-state index in [4.69, 9.17) is 21.1 Å². The van der Waals surface area contributed by atoms with Gasteiger partial charge in [0.25, 0.3) is 0 Å². The molecule has 3 unspecified atom stereocenters. The molecule has 0 bridgehead atoms. The maximum absolute atomic E-state index is 12.9. The first-order valence-corrected chi connectivity index (χ1v) is 11.7. The molecule has 1 amide bonds. The fourth-order valence-corrected chi connectivity index (χ4v) is 3.87. The van der Waals surface area contributed by atoms with E-state index >= 15 is 0 Å². The molecule has 5 nitrogen and oxygen atoms in total. The Balaban J connectivity index is 2.15. The molecule has 32 heavy (non-hydrogen) atoms. The second-order valence-corrected chi connectivity index (χ2v) is 9.49. The Bertz CT molecular complexity index is 866. The van der Waals surface area contributed by atoms with Crippen LogP contribution >= 0.6 is 11.6 Å². The van der Waals surface area contributed by atoms with Gasteiger partial charge in [0.15, 0.2) is 0 Å². The van der Waals surface area contributed by atoms with Gasteiger partial charge in [-0.1, -0.05) is 55.7 Å². The lowest BCUT2D eigenvalue weighted by Crippen LogP contribution is -2.36. The lowest BCUT2D eigenvalue weighted by molar-refractivity contribution is -0.121. The summed E-state index contributed by atoms with van der Waals surface area (Å²) in [6.07, 6.45) is 8.41. The molecule has 1 aromatic carbocycles. The summed E-state index contributed by atoms with van der Waals surface area (Å²) in [6, 6.07) is 3.81. The smallest absolute Gasteiger partial charge is 0.229 e. The first kappa shape index (κ1) is 26.4. The van der Waals surface area contributed by atoms with Crippen LogP contribution in [0.4, 0.5) is 5.69 Å². The molecule has 1 aromatic rings. The van der Waals surface area contributed by atoms with Crippen LogP contribution in [0, 0.1) is 5.92 Å². The molecule has 1 heterocycles. The summed E-state index contributed by atoms with van der Waals surface area (Å²) >= 11 is 6.53. The largest absolute Gasteiger partial charge is 0.495 e. The number of carbonyl (C=O) groups is 1. The number of aliphatic hydroxyl groups is 1. The molecule has 0 aliphatic carbocycles. The topological polar surface area (TPSA) is 62.3 Å². The van der Waals surface area contributed by atoms with Crippen LogP contribution in [0.25, 0.3) is 0 Å². The minimum absolute atomic E-state index is 0.0415. The maximum atomic E-state index is 12.9. The molecule has 4 atom stereocenters. The Morgan fingerprint density at radius 1 is 1.44 bits per heavy atom.